The summed E-state index contributed by atoms with van der Waals surface area (Å²) in [5.74, 6) is 0. The molecule has 0 radical (unpaired) electrons. The van der Waals surface area contributed by atoms with Crippen LogP contribution in [0.25, 0.3) is 0 Å². The van der Waals surface area contributed by atoms with E-state index in [1.54, 1.807) is 0 Å². The van der Waals surface area contributed by atoms with Crippen LogP contribution in [-0.4, -0.2) is 67.8 Å². The Morgan fingerprint density at radius 2 is 1.73 bits per heavy atom. The molecule has 0 saturated carbocycles. The zero-order valence-corrected chi connectivity index (χ0v) is 13.6. The Bertz CT molecular complexity index is 585. The van der Waals surface area contributed by atoms with Gasteiger partial charge in [-0.3, -0.25) is 9.80 Å². The minimum Gasteiger partial charge on any atom is -0.297 e. The van der Waals surface area contributed by atoms with E-state index in [-0.39, 0.29) is 0 Å². The largest absolute Gasteiger partial charge is 0.297 e. The molecule has 2 fully saturated rings. The Morgan fingerprint density at radius 1 is 1.05 bits per heavy atom. The van der Waals surface area contributed by atoms with Gasteiger partial charge in [0.15, 0.2) is 0 Å². The molecule has 1 atom stereocenters. The van der Waals surface area contributed by atoms with Gasteiger partial charge in [0.05, 0.1) is 0 Å². The predicted molar refractivity (Wildman–Crippen MR) is 86.4 cm³/mol. The van der Waals surface area contributed by atoms with Gasteiger partial charge < -0.3 is 0 Å². The van der Waals surface area contributed by atoms with Crippen molar-refractivity contribution in [3.8, 4) is 0 Å². The van der Waals surface area contributed by atoms with Crippen molar-refractivity contribution in [2.75, 3.05) is 39.3 Å². The van der Waals surface area contributed by atoms with Crippen LogP contribution >= 0.6 is 0 Å². The van der Waals surface area contributed by atoms with Crippen molar-refractivity contribution in [3.63, 3.8) is 0 Å². The number of rotatable bonds is 4. The topological polar surface area (TPSA) is 69.9 Å². The predicted octanol–water partition coefficient (Wildman–Crippen LogP) is 0.0820. The zero-order chi connectivity index (χ0) is 15.6. The molecule has 0 aliphatic carbocycles. The number of nitrogens with zero attached hydrogens (tertiary/aromatic N) is 3. The van der Waals surface area contributed by atoms with Crippen LogP contribution in [0.15, 0.2) is 30.3 Å². The minimum atomic E-state index is -3.53. The van der Waals surface area contributed by atoms with Gasteiger partial charge in [-0.2, -0.15) is 12.7 Å². The highest BCUT2D eigenvalue weighted by molar-refractivity contribution is 7.86. The molecule has 1 aromatic carbocycles. The molecular weight excluding hydrogens is 300 g/mol. The molecule has 2 N–H and O–H groups in total. The SMILES string of the molecule is NS(=O)(=O)N1CCN([C@H]2CCN(Cc3ccccc3)C2)CC1. The number of hydrogen-bond acceptors (Lipinski definition) is 4. The van der Waals surface area contributed by atoms with Gasteiger partial charge >= 0.3 is 0 Å². The van der Waals surface area contributed by atoms with E-state index in [4.69, 9.17) is 5.14 Å². The summed E-state index contributed by atoms with van der Waals surface area (Å²) >= 11 is 0. The van der Waals surface area contributed by atoms with E-state index in [1.807, 2.05) is 6.07 Å². The van der Waals surface area contributed by atoms with Crippen LogP contribution < -0.4 is 5.14 Å². The van der Waals surface area contributed by atoms with E-state index in [9.17, 15) is 8.42 Å². The van der Waals surface area contributed by atoms with Crippen molar-refractivity contribution < 1.29 is 8.42 Å². The normalized spacial score (nSPS) is 25.6. The third-order valence-electron chi connectivity index (χ3n) is 4.65. The molecule has 3 rings (SSSR count). The Hall–Kier alpha value is -0.990. The fraction of sp³-hybridized carbons (Fsp3) is 0.600. The molecule has 22 heavy (non-hydrogen) atoms. The Kier molecular flexibility index (Phi) is 4.79. The van der Waals surface area contributed by atoms with Gasteiger partial charge in [0.25, 0.3) is 10.2 Å². The molecule has 2 heterocycles. The van der Waals surface area contributed by atoms with Gasteiger partial charge in [-0.05, 0) is 12.0 Å². The first-order chi connectivity index (χ1) is 10.5. The van der Waals surface area contributed by atoms with Crippen LogP contribution in [0.1, 0.15) is 12.0 Å². The summed E-state index contributed by atoms with van der Waals surface area (Å²) in [4.78, 5) is 4.89. The summed E-state index contributed by atoms with van der Waals surface area (Å²) in [6.45, 7) is 5.73. The number of hydrogen-bond donors (Lipinski definition) is 1. The highest BCUT2D eigenvalue weighted by Crippen LogP contribution is 2.19. The van der Waals surface area contributed by atoms with Crippen LogP contribution in [-0.2, 0) is 16.8 Å². The lowest BCUT2D eigenvalue weighted by atomic mass is 10.2. The first-order valence-electron chi connectivity index (χ1n) is 7.80. The number of benzene rings is 1. The van der Waals surface area contributed by atoms with Gasteiger partial charge in [-0.1, -0.05) is 30.3 Å². The molecule has 0 aromatic heterocycles. The highest BCUT2D eigenvalue weighted by atomic mass is 32.2. The quantitative estimate of drug-likeness (QED) is 0.852. The molecule has 0 amide bonds. The summed E-state index contributed by atoms with van der Waals surface area (Å²) in [5, 5.41) is 5.19. The molecule has 0 spiro atoms. The zero-order valence-electron chi connectivity index (χ0n) is 12.8. The van der Waals surface area contributed by atoms with E-state index < -0.39 is 10.2 Å². The smallest absolute Gasteiger partial charge is 0.276 e. The second-order valence-electron chi connectivity index (χ2n) is 6.14. The summed E-state index contributed by atoms with van der Waals surface area (Å²) in [6, 6.07) is 11.1. The third-order valence-corrected chi connectivity index (χ3v) is 5.73. The molecule has 0 bridgehead atoms. The maximum atomic E-state index is 11.3. The average molecular weight is 324 g/mol. The Labute approximate surface area is 132 Å². The summed E-state index contributed by atoms with van der Waals surface area (Å²) in [7, 11) is -3.53. The van der Waals surface area contributed by atoms with Crippen molar-refractivity contribution in [2.45, 2.75) is 19.0 Å². The molecule has 7 heteroatoms. The van der Waals surface area contributed by atoms with E-state index in [2.05, 4.69) is 34.1 Å². The third kappa shape index (κ3) is 3.85. The fourth-order valence-electron chi connectivity index (χ4n) is 3.42. The number of nitrogens with two attached hydrogens (primary N) is 1. The van der Waals surface area contributed by atoms with Crippen molar-refractivity contribution in [1.29, 1.82) is 0 Å². The van der Waals surface area contributed by atoms with E-state index >= 15 is 0 Å². The van der Waals surface area contributed by atoms with Gasteiger partial charge in [-0.15, -0.1) is 0 Å². The first kappa shape index (κ1) is 15.9. The van der Waals surface area contributed by atoms with Gasteiger partial charge in [0.1, 0.15) is 0 Å². The molecular formula is C15H24N4O2S. The lowest BCUT2D eigenvalue weighted by molar-refractivity contribution is 0.136. The Balaban J connectivity index is 1.49. The lowest BCUT2D eigenvalue weighted by Crippen LogP contribution is -2.53. The van der Waals surface area contributed by atoms with E-state index in [0.29, 0.717) is 19.1 Å². The molecule has 6 nitrogen and oxygen atoms in total. The standard InChI is InChI=1S/C15H24N4O2S/c16-22(20,21)19-10-8-18(9-11-19)15-6-7-17(13-15)12-14-4-2-1-3-5-14/h1-5,15H,6-13H2,(H2,16,20,21)/t15-/m0/s1. The Morgan fingerprint density at radius 3 is 2.36 bits per heavy atom. The maximum Gasteiger partial charge on any atom is 0.276 e. The summed E-state index contributed by atoms with van der Waals surface area (Å²) in [5.41, 5.74) is 1.35. The van der Waals surface area contributed by atoms with Crippen LogP contribution in [0.3, 0.4) is 0 Å². The highest BCUT2D eigenvalue weighted by Gasteiger charge is 2.31. The minimum absolute atomic E-state index is 0.508. The van der Waals surface area contributed by atoms with Crippen LogP contribution in [0.5, 0.6) is 0 Å². The second-order valence-corrected chi connectivity index (χ2v) is 7.69. The molecule has 2 aliphatic rings. The van der Waals surface area contributed by atoms with Crippen LogP contribution in [0.4, 0.5) is 0 Å². The molecule has 2 saturated heterocycles. The summed E-state index contributed by atoms with van der Waals surface area (Å²) < 4.78 is 24.1. The fourth-order valence-corrected chi connectivity index (χ4v) is 4.09. The second kappa shape index (κ2) is 6.64. The number of likely N-dealkylation sites (tertiary alicyclic amines) is 1. The monoisotopic (exact) mass is 324 g/mol. The van der Waals surface area contributed by atoms with Gasteiger partial charge in [0, 0.05) is 51.9 Å². The van der Waals surface area contributed by atoms with Crippen molar-refractivity contribution in [2.24, 2.45) is 5.14 Å². The van der Waals surface area contributed by atoms with Crippen LogP contribution in [0.2, 0.25) is 0 Å². The maximum absolute atomic E-state index is 11.3. The molecule has 2 aliphatic heterocycles. The van der Waals surface area contributed by atoms with Crippen molar-refractivity contribution in [1.82, 2.24) is 14.1 Å². The van der Waals surface area contributed by atoms with E-state index in [0.717, 1.165) is 39.1 Å². The first-order valence-corrected chi connectivity index (χ1v) is 9.31. The molecule has 122 valence electrons. The van der Waals surface area contributed by atoms with E-state index in [1.165, 1.54) is 9.87 Å². The van der Waals surface area contributed by atoms with Crippen molar-refractivity contribution >= 4 is 10.2 Å². The lowest BCUT2D eigenvalue weighted by Gasteiger charge is -2.36. The number of piperazine rings is 1. The molecule has 0 unspecified atom stereocenters. The summed E-state index contributed by atoms with van der Waals surface area (Å²) in [6.07, 6.45) is 1.15. The molecule has 1 aromatic rings. The average Bonchev–Trinajstić information content (AvgIpc) is 2.96. The van der Waals surface area contributed by atoms with Gasteiger partial charge in [-0.25, -0.2) is 5.14 Å². The van der Waals surface area contributed by atoms with Crippen molar-refractivity contribution in [3.05, 3.63) is 35.9 Å². The van der Waals surface area contributed by atoms with Crippen LogP contribution in [0, 0.1) is 0 Å². The van der Waals surface area contributed by atoms with Gasteiger partial charge in [0.2, 0.25) is 0 Å².